The number of nitrogens with two attached hydrogens (primary N) is 1. The number of hydrogen-bond acceptors (Lipinski definition) is 4. The third-order valence-corrected chi connectivity index (χ3v) is 4.34. The maximum Gasteiger partial charge on any atom is 0.237 e. The lowest BCUT2D eigenvalue weighted by atomic mass is 9.98. The Labute approximate surface area is 155 Å². The summed E-state index contributed by atoms with van der Waals surface area (Å²) in [5.74, 6) is 1.23. The van der Waals surface area contributed by atoms with Crippen LogP contribution in [0.1, 0.15) is 36.9 Å². The van der Waals surface area contributed by atoms with Crippen LogP contribution in [0.5, 0.6) is 11.5 Å². The highest BCUT2D eigenvalue weighted by molar-refractivity contribution is 5.81. The molecule has 5 nitrogen and oxygen atoms in total. The van der Waals surface area contributed by atoms with E-state index < -0.39 is 6.04 Å². The summed E-state index contributed by atoms with van der Waals surface area (Å²) < 4.78 is 10.7. The second-order valence-electron chi connectivity index (χ2n) is 6.26. The molecule has 5 heteroatoms. The lowest BCUT2D eigenvalue weighted by Gasteiger charge is -2.22. The molecule has 2 unspecified atom stereocenters. The van der Waals surface area contributed by atoms with Crippen LogP contribution < -0.4 is 20.5 Å². The summed E-state index contributed by atoms with van der Waals surface area (Å²) in [5, 5.41) is 3.10. The molecule has 0 bridgehead atoms. The first-order chi connectivity index (χ1) is 12.6. The minimum absolute atomic E-state index is 0.124. The van der Waals surface area contributed by atoms with E-state index in [1.54, 1.807) is 14.2 Å². The predicted molar refractivity (Wildman–Crippen MR) is 103 cm³/mol. The van der Waals surface area contributed by atoms with Gasteiger partial charge in [-0.05, 0) is 36.1 Å². The summed E-state index contributed by atoms with van der Waals surface area (Å²) in [6.07, 6.45) is 2.18. The van der Waals surface area contributed by atoms with Crippen LogP contribution in [0.4, 0.5) is 0 Å². The molecule has 26 heavy (non-hydrogen) atoms. The van der Waals surface area contributed by atoms with Gasteiger partial charge in [-0.25, -0.2) is 0 Å². The number of rotatable bonds is 9. The highest BCUT2D eigenvalue weighted by atomic mass is 16.5. The Morgan fingerprint density at radius 3 is 2.38 bits per heavy atom. The average molecular weight is 356 g/mol. The Bertz CT molecular complexity index is 704. The molecule has 2 aromatic rings. The fourth-order valence-corrected chi connectivity index (χ4v) is 2.90. The van der Waals surface area contributed by atoms with Crippen LogP contribution in [0, 0.1) is 0 Å². The molecule has 2 aromatic carbocycles. The fraction of sp³-hybridized carbons (Fsp3) is 0.381. The molecule has 0 saturated heterocycles. The van der Waals surface area contributed by atoms with Crippen molar-refractivity contribution in [2.75, 3.05) is 14.2 Å². The smallest absolute Gasteiger partial charge is 0.237 e. The molecule has 3 N–H and O–H groups in total. The van der Waals surface area contributed by atoms with E-state index in [4.69, 9.17) is 15.2 Å². The molecule has 0 fully saturated rings. The number of hydrogen-bond donors (Lipinski definition) is 2. The largest absolute Gasteiger partial charge is 0.493 e. The Hall–Kier alpha value is -2.53. The second kappa shape index (κ2) is 9.82. The van der Waals surface area contributed by atoms with E-state index in [2.05, 4.69) is 5.32 Å². The molecule has 0 heterocycles. The number of carbonyl (C=O) groups is 1. The zero-order valence-electron chi connectivity index (χ0n) is 15.7. The summed E-state index contributed by atoms with van der Waals surface area (Å²) in [7, 11) is 3.22. The predicted octanol–water partition coefficient (Wildman–Crippen LogP) is 3.23. The molecule has 0 aliphatic carbocycles. The van der Waals surface area contributed by atoms with Gasteiger partial charge in [0.2, 0.25) is 5.91 Å². The summed E-state index contributed by atoms with van der Waals surface area (Å²) in [6.45, 7) is 2.02. The van der Waals surface area contributed by atoms with Crippen LogP contribution in [-0.4, -0.2) is 26.2 Å². The summed E-state index contributed by atoms with van der Waals surface area (Å²) in [5.41, 5.74) is 8.07. The van der Waals surface area contributed by atoms with Crippen molar-refractivity contribution in [2.45, 2.75) is 38.3 Å². The third kappa shape index (κ3) is 5.23. The Morgan fingerprint density at radius 1 is 1.08 bits per heavy atom. The molecule has 140 valence electrons. The summed E-state index contributed by atoms with van der Waals surface area (Å²) >= 11 is 0. The van der Waals surface area contributed by atoms with E-state index in [0.29, 0.717) is 24.3 Å². The van der Waals surface area contributed by atoms with Crippen LogP contribution in [0.2, 0.25) is 0 Å². The summed E-state index contributed by atoms with van der Waals surface area (Å²) in [4.78, 5) is 12.4. The van der Waals surface area contributed by atoms with Gasteiger partial charge in [0, 0.05) is 0 Å². The molecular weight excluding hydrogens is 328 g/mol. The fourth-order valence-electron chi connectivity index (χ4n) is 2.90. The highest BCUT2D eigenvalue weighted by Gasteiger charge is 2.20. The van der Waals surface area contributed by atoms with Crippen LogP contribution in [-0.2, 0) is 11.2 Å². The number of carbonyl (C=O) groups excluding carboxylic acids is 1. The minimum Gasteiger partial charge on any atom is -0.493 e. The van der Waals surface area contributed by atoms with Crippen LogP contribution in [0.25, 0.3) is 0 Å². The number of nitrogens with one attached hydrogen (secondary N) is 1. The van der Waals surface area contributed by atoms with Crippen molar-refractivity contribution >= 4 is 5.91 Å². The van der Waals surface area contributed by atoms with E-state index >= 15 is 0 Å². The van der Waals surface area contributed by atoms with Crippen molar-refractivity contribution in [3.8, 4) is 11.5 Å². The molecular formula is C21H28N2O3. The number of amides is 1. The van der Waals surface area contributed by atoms with Crippen molar-refractivity contribution < 1.29 is 14.3 Å². The Balaban J connectivity index is 2.23. The van der Waals surface area contributed by atoms with E-state index in [1.807, 2.05) is 55.5 Å². The molecule has 0 aliphatic rings. The second-order valence-corrected chi connectivity index (χ2v) is 6.26. The highest BCUT2D eigenvalue weighted by Crippen LogP contribution is 2.29. The summed E-state index contributed by atoms with van der Waals surface area (Å²) in [6, 6.07) is 15.1. The lowest BCUT2D eigenvalue weighted by Crippen LogP contribution is -2.42. The first kappa shape index (κ1) is 19.8. The normalized spacial score (nSPS) is 12.9. The molecule has 0 aliphatic heterocycles. The van der Waals surface area contributed by atoms with Crippen molar-refractivity contribution in [2.24, 2.45) is 5.73 Å². The van der Waals surface area contributed by atoms with E-state index in [-0.39, 0.29) is 11.9 Å². The molecule has 0 aromatic heterocycles. The van der Waals surface area contributed by atoms with Crippen molar-refractivity contribution in [3.05, 3.63) is 59.7 Å². The maximum atomic E-state index is 12.4. The van der Waals surface area contributed by atoms with Gasteiger partial charge in [0.1, 0.15) is 0 Å². The van der Waals surface area contributed by atoms with Gasteiger partial charge in [-0.3, -0.25) is 4.79 Å². The SMILES string of the molecule is CCCC(N)C(=O)NC(Cc1ccc(OC)c(OC)c1)c1ccccc1. The van der Waals surface area contributed by atoms with E-state index in [1.165, 1.54) is 0 Å². The number of ether oxygens (including phenoxy) is 2. The Morgan fingerprint density at radius 2 is 1.77 bits per heavy atom. The molecule has 2 atom stereocenters. The first-order valence-electron chi connectivity index (χ1n) is 8.90. The van der Waals surface area contributed by atoms with Gasteiger partial charge >= 0.3 is 0 Å². The first-order valence-corrected chi connectivity index (χ1v) is 8.90. The van der Waals surface area contributed by atoms with Crippen molar-refractivity contribution in [1.29, 1.82) is 0 Å². The van der Waals surface area contributed by atoms with Crippen LogP contribution >= 0.6 is 0 Å². The van der Waals surface area contributed by atoms with E-state index in [9.17, 15) is 4.79 Å². The Kier molecular flexibility index (Phi) is 7.48. The van der Waals surface area contributed by atoms with Crippen LogP contribution in [0.3, 0.4) is 0 Å². The van der Waals surface area contributed by atoms with Gasteiger partial charge in [0.05, 0.1) is 26.3 Å². The van der Waals surface area contributed by atoms with Gasteiger partial charge < -0.3 is 20.5 Å². The number of benzene rings is 2. The zero-order valence-corrected chi connectivity index (χ0v) is 15.7. The van der Waals surface area contributed by atoms with Crippen molar-refractivity contribution in [3.63, 3.8) is 0 Å². The molecule has 1 amide bonds. The minimum atomic E-state index is -0.489. The van der Waals surface area contributed by atoms with Gasteiger partial charge in [-0.1, -0.05) is 49.7 Å². The third-order valence-electron chi connectivity index (χ3n) is 4.34. The van der Waals surface area contributed by atoms with Gasteiger partial charge in [-0.15, -0.1) is 0 Å². The molecule has 0 spiro atoms. The molecule has 0 saturated carbocycles. The van der Waals surface area contributed by atoms with E-state index in [0.717, 1.165) is 17.5 Å². The lowest BCUT2D eigenvalue weighted by molar-refractivity contribution is -0.123. The maximum absolute atomic E-state index is 12.4. The topological polar surface area (TPSA) is 73.6 Å². The standard InChI is InChI=1S/C21H28N2O3/c1-4-8-17(22)21(24)23-18(16-9-6-5-7-10-16)13-15-11-12-19(25-2)20(14-15)26-3/h5-7,9-12,14,17-18H,4,8,13,22H2,1-3H3,(H,23,24). The van der Waals surface area contributed by atoms with Crippen LogP contribution in [0.15, 0.2) is 48.5 Å². The quantitative estimate of drug-likeness (QED) is 0.723. The zero-order chi connectivity index (χ0) is 18.9. The average Bonchev–Trinajstić information content (AvgIpc) is 2.68. The van der Waals surface area contributed by atoms with Gasteiger partial charge in [0.25, 0.3) is 0 Å². The molecule has 2 rings (SSSR count). The van der Waals surface area contributed by atoms with Crippen molar-refractivity contribution in [1.82, 2.24) is 5.32 Å². The monoisotopic (exact) mass is 356 g/mol. The number of methoxy groups -OCH3 is 2. The molecule has 0 radical (unpaired) electrons. The van der Waals surface area contributed by atoms with Gasteiger partial charge in [-0.2, -0.15) is 0 Å². The van der Waals surface area contributed by atoms with Gasteiger partial charge in [0.15, 0.2) is 11.5 Å².